The van der Waals surface area contributed by atoms with Gasteiger partial charge in [0.25, 0.3) is 0 Å². The van der Waals surface area contributed by atoms with Crippen LogP contribution in [-0.4, -0.2) is 24.3 Å². The summed E-state index contributed by atoms with van der Waals surface area (Å²) in [6.07, 6.45) is 1.46. The molecule has 96 valence electrons. The normalized spacial score (nSPS) is 16.5. The zero-order valence-corrected chi connectivity index (χ0v) is 10.7. The summed E-state index contributed by atoms with van der Waals surface area (Å²) in [6, 6.07) is 14.2. The maximum Gasteiger partial charge on any atom is 0.0998 e. The lowest BCUT2D eigenvalue weighted by Gasteiger charge is -2.32. The highest BCUT2D eigenvalue weighted by molar-refractivity contribution is 5.97. The van der Waals surface area contributed by atoms with Crippen molar-refractivity contribution in [3.05, 3.63) is 42.0 Å². The van der Waals surface area contributed by atoms with Crippen molar-refractivity contribution in [2.24, 2.45) is 0 Å². The minimum Gasteiger partial charge on any atom is -0.393 e. The quantitative estimate of drug-likeness (QED) is 0.848. The number of piperidine rings is 1. The van der Waals surface area contributed by atoms with E-state index in [1.165, 1.54) is 5.69 Å². The summed E-state index contributed by atoms with van der Waals surface area (Å²) in [5, 5.41) is 20.9. The molecule has 0 atom stereocenters. The minimum absolute atomic E-state index is 0.166. The molecule has 1 fully saturated rings. The van der Waals surface area contributed by atoms with E-state index in [1.807, 2.05) is 30.3 Å². The van der Waals surface area contributed by atoms with E-state index in [4.69, 9.17) is 0 Å². The Kier molecular flexibility index (Phi) is 3.10. The lowest BCUT2D eigenvalue weighted by molar-refractivity contribution is 0.145. The molecule has 2 aromatic rings. The molecule has 0 amide bonds. The van der Waals surface area contributed by atoms with Crippen molar-refractivity contribution in [1.82, 2.24) is 0 Å². The van der Waals surface area contributed by atoms with Crippen molar-refractivity contribution >= 4 is 16.5 Å². The molecule has 3 rings (SSSR count). The van der Waals surface area contributed by atoms with Crippen LogP contribution in [0.25, 0.3) is 10.8 Å². The van der Waals surface area contributed by atoms with Crippen LogP contribution in [0.3, 0.4) is 0 Å². The van der Waals surface area contributed by atoms with Gasteiger partial charge in [-0.15, -0.1) is 0 Å². The maximum atomic E-state index is 9.60. The van der Waals surface area contributed by atoms with E-state index < -0.39 is 0 Å². The number of fused-ring (bicyclic) bond motifs is 1. The van der Waals surface area contributed by atoms with Gasteiger partial charge in [-0.2, -0.15) is 5.26 Å². The Morgan fingerprint density at radius 3 is 2.42 bits per heavy atom. The molecule has 1 N–H and O–H groups in total. The molecule has 0 radical (unpaired) electrons. The monoisotopic (exact) mass is 252 g/mol. The van der Waals surface area contributed by atoms with Crippen LogP contribution in [0.15, 0.2) is 36.4 Å². The van der Waals surface area contributed by atoms with E-state index in [2.05, 4.69) is 17.0 Å². The minimum atomic E-state index is -0.166. The molecule has 1 saturated heterocycles. The Morgan fingerprint density at radius 2 is 1.74 bits per heavy atom. The Bertz CT molecular complexity index is 637. The molecule has 0 unspecified atom stereocenters. The van der Waals surface area contributed by atoms with Crippen LogP contribution in [-0.2, 0) is 0 Å². The number of nitrogens with zero attached hydrogens (tertiary/aromatic N) is 2. The molecule has 3 heteroatoms. The number of rotatable bonds is 1. The van der Waals surface area contributed by atoms with Gasteiger partial charge in [0.1, 0.15) is 0 Å². The third-order valence-corrected chi connectivity index (χ3v) is 3.83. The summed E-state index contributed by atoms with van der Waals surface area (Å²) < 4.78 is 0. The van der Waals surface area contributed by atoms with Crippen molar-refractivity contribution in [2.75, 3.05) is 18.0 Å². The summed E-state index contributed by atoms with van der Waals surface area (Å²) in [4.78, 5) is 2.30. The van der Waals surface area contributed by atoms with Gasteiger partial charge in [-0.3, -0.25) is 0 Å². The molecule has 1 heterocycles. The molecular weight excluding hydrogens is 236 g/mol. The lowest BCUT2D eigenvalue weighted by atomic mass is 10.0. The molecule has 0 bridgehead atoms. The first kappa shape index (κ1) is 12.0. The molecule has 0 aliphatic carbocycles. The van der Waals surface area contributed by atoms with E-state index in [0.29, 0.717) is 0 Å². The zero-order valence-electron chi connectivity index (χ0n) is 10.7. The number of hydrogen-bond donors (Lipinski definition) is 1. The van der Waals surface area contributed by atoms with Crippen LogP contribution in [0, 0.1) is 11.3 Å². The molecule has 19 heavy (non-hydrogen) atoms. The maximum absolute atomic E-state index is 9.60. The Hall–Kier alpha value is -2.05. The molecule has 0 saturated carbocycles. The largest absolute Gasteiger partial charge is 0.393 e. The third kappa shape index (κ3) is 2.16. The van der Waals surface area contributed by atoms with Gasteiger partial charge >= 0.3 is 0 Å². The van der Waals surface area contributed by atoms with E-state index in [1.54, 1.807) is 0 Å². The summed E-state index contributed by atoms with van der Waals surface area (Å²) in [6.45, 7) is 1.74. The van der Waals surface area contributed by atoms with Crippen LogP contribution in [0.1, 0.15) is 18.4 Å². The van der Waals surface area contributed by atoms with Crippen LogP contribution >= 0.6 is 0 Å². The molecule has 1 aliphatic rings. The van der Waals surface area contributed by atoms with Gasteiger partial charge < -0.3 is 10.0 Å². The smallest absolute Gasteiger partial charge is 0.0998 e. The third-order valence-electron chi connectivity index (χ3n) is 3.83. The number of hydrogen-bond acceptors (Lipinski definition) is 3. The van der Waals surface area contributed by atoms with Crippen LogP contribution in [0.4, 0.5) is 5.69 Å². The highest BCUT2D eigenvalue weighted by Crippen LogP contribution is 2.31. The Morgan fingerprint density at radius 1 is 1.05 bits per heavy atom. The van der Waals surface area contributed by atoms with Crippen LogP contribution in [0.5, 0.6) is 0 Å². The first-order valence-corrected chi connectivity index (χ1v) is 6.64. The van der Waals surface area contributed by atoms with Gasteiger partial charge in [0.2, 0.25) is 0 Å². The molecule has 3 nitrogen and oxygen atoms in total. The second-order valence-corrected chi connectivity index (χ2v) is 5.01. The highest BCUT2D eigenvalue weighted by atomic mass is 16.3. The van der Waals surface area contributed by atoms with Crippen molar-refractivity contribution in [3.8, 4) is 6.07 Å². The molecule has 0 spiro atoms. The van der Waals surface area contributed by atoms with E-state index in [0.717, 1.165) is 42.3 Å². The van der Waals surface area contributed by atoms with Gasteiger partial charge in [0.15, 0.2) is 0 Å². The summed E-state index contributed by atoms with van der Waals surface area (Å²) >= 11 is 0. The second kappa shape index (κ2) is 4.91. The molecule has 1 aliphatic heterocycles. The summed E-state index contributed by atoms with van der Waals surface area (Å²) in [5.74, 6) is 0. The molecular formula is C16H16N2O. The van der Waals surface area contributed by atoms with Crippen molar-refractivity contribution in [3.63, 3.8) is 0 Å². The highest BCUT2D eigenvalue weighted by Gasteiger charge is 2.19. The van der Waals surface area contributed by atoms with E-state index in [-0.39, 0.29) is 6.10 Å². The number of nitriles is 1. The van der Waals surface area contributed by atoms with Gasteiger partial charge in [-0.1, -0.05) is 24.3 Å². The van der Waals surface area contributed by atoms with Gasteiger partial charge in [0.05, 0.1) is 17.7 Å². The lowest BCUT2D eigenvalue weighted by Crippen LogP contribution is -2.35. The van der Waals surface area contributed by atoms with Crippen LogP contribution in [0.2, 0.25) is 0 Å². The zero-order chi connectivity index (χ0) is 13.2. The second-order valence-electron chi connectivity index (χ2n) is 5.01. The fourth-order valence-electron chi connectivity index (χ4n) is 2.76. The fourth-order valence-corrected chi connectivity index (χ4v) is 2.76. The van der Waals surface area contributed by atoms with Gasteiger partial charge in [-0.05, 0) is 25.0 Å². The Balaban J connectivity index is 2.08. The van der Waals surface area contributed by atoms with Gasteiger partial charge in [0, 0.05) is 29.5 Å². The van der Waals surface area contributed by atoms with Crippen molar-refractivity contribution in [1.29, 1.82) is 5.26 Å². The van der Waals surface area contributed by atoms with E-state index in [9.17, 15) is 10.4 Å². The predicted molar refractivity (Wildman–Crippen MR) is 76.1 cm³/mol. The van der Waals surface area contributed by atoms with Gasteiger partial charge in [-0.25, -0.2) is 0 Å². The summed E-state index contributed by atoms with van der Waals surface area (Å²) in [7, 11) is 0. The van der Waals surface area contributed by atoms with Crippen molar-refractivity contribution < 1.29 is 5.11 Å². The number of anilines is 1. The fraction of sp³-hybridized carbons (Fsp3) is 0.312. The summed E-state index contributed by atoms with van der Waals surface area (Å²) in [5.41, 5.74) is 1.89. The standard InChI is InChI=1S/C16H16N2O/c17-11-12-5-6-16(15-4-2-1-3-14(12)15)18-9-7-13(19)8-10-18/h1-6,13,19H,7-10H2. The molecule has 0 aromatic heterocycles. The first-order chi connectivity index (χ1) is 9.29. The molecule has 2 aromatic carbocycles. The van der Waals surface area contributed by atoms with Crippen LogP contribution < -0.4 is 4.90 Å². The number of aliphatic hydroxyl groups excluding tert-OH is 1. The van der Waals surface area contributed by atoms with E-state index >= 15 is 0 Å². The van der Waals surface area contributed by atoms with Crippen molar-refractivity contribution in [2.45, 2.75) is 18.9 Å². The predicted octanol–water partition coefficient (Wildman–Crippen LogP) is 2.67. The topological polar surface area (TPSA) is 47.3 Å². The Labute approximate surface area is 112 Å². The average molecular weight is 252 g/mol. The number of aliphatic hydroxyl groups is 1. The first-order valence-electron chi connectivity index (χ1n) is 6.64. The SMILES string of the molecule is N#Cc1ccc(N2CCC(O)CC2)c2ccccc12. The number of benzene rings is 2. The average Bonchev–Trinajstić information content (AvgIpc) is 2.47.